The van der Waals surface area contributed by atoms with Crippen molar-refractivity contribution < 1.29 is 23.0 Å². The lowest BCUT2D eigenvalue weighted by Gasteiger charge is -2.38. The van der Waals surface area contributed by atoms with Crippen LogP contribution in [0.1, 0.15) is 19.8 Å². The third-order valence-electron chi connectivity index (χ3n) is 6.64. The maximum Gasteiger partial charge on any atom is 0.243 e. The van der Waals surface area contributed by atoms with Crippen molar-refractivity contribution in [1.29, 1.82) is 0 Å². The Hall–Kier alpha value is -3.11. The van der Waals surface area contributed by atoms with Gasteiger partial charge in [0.2, 0.25) is 10.0 Å². The highest BCUT2D eigenvalue weighted by Crippen LogP contribution is 2.33. The number of unbranched alkanes of at least 4 members (excludes halogenated alkanes) is 1. The van der Waals surface area contributed by atoms with Gasteiger partial charge in [-0.05, 0) is 48.9 Å². The Kier molecular flexibility index (Phi) is 7.66. The molecule has 3 aromatic carbocycles. The summed E-state index contributed by atoms with van der Waals surface area (Å²) < 4.78 is 38.8. The molecular weight excluding hydrogens is 490 g/mol. The molecule has 1 atom stereocenters. The van der Waals surface area contributed by atoms with Gasteiger partial charge in [0, 0.05) is 42.0 Å². The minimum Gasteiger partial charge on any atom is -0.494 e. The first-order chi connectivity index (χ1) is 18.0. The van der Waals surface area contributed by atoms with Crippen molar-refractivity contribution in [2.24, 2.45) is 0 Å². The minimum atomic E-state index is -3.55. The summed E-state index contributed by atoms with van der Waals surface area (Å²) in [5, 5.41) is 15.8. The molecule has 1 unspecified atom stereocenters. The van der Waals surface area contributed by atoms with Crippen LogP contribution in [-0.2, 0) is 10.0 Å². The maximum absolute atomic E-state index is 12.9. The summed E-state index contributed by atoms with van der Waals surface area (Å²) in [4.78, 5) is 3.65. The maximum atomic E-state index is 12.9. The Balaban J connectivity index is 1.09. The van der Waals surface area contributed by atoms with Gasteiger partial charge in [-0.2, -0.15) is 4.31 Å². The van der Waals surface area contributed by atoms with Crippen molar-refractivity contribution in [2.45, 2.75) is 36.8 Å². The van der Waals surface area contributed by atoms with E-state index in [0.717, 1.165) is 40.4 Å². The van der Waals surface area contributed by atoms with Gasteiger partial charge in [0.1, 0.15) is 24.2 Å². The summed E-state index contributed by atoms with van der Waals surface area (Å²) in [7, 11) is -3.55. The normalized spacial score (nSPS) is 15.6. The molecule has 0 radical (unpaired) electrons. The zero-order valence-electron chi connectivity index (χ0n) is 20.9. The van der Waals surface area contributed by atoms with Crippen LogP contribution >= 0.6 is 0 Å². The van der Waals surface area contributed by atoms with E-state index in [1.807, 2.05) is 42.5 Å². The van der Waals surface area contributed by atoms with Crippen molar-refractivity contribution in [3.05, 3.63) is 66.7 Å². The van der Waals surface area contributed by atoms with Gasteiger partial charge in [0.05, 0.1) is 17.0 Å². The van der Waals surface area contributed by atoms with Crippen LogP contribution in [0, 0.1) is 0 Å². The number of ether oxygens (including phenoxy) is 2. The summed E-state index contributed by atoms with van der Waals surface area (Å²) >= 11 is 0. The van der Waals surface area contributed by atoms with Gasteiger partial charge in [0.25, 0.3) is 0 Å². The molecule has 0 saturated carbocycles. The number of aromatic nitrogens is 1. The highest BCUT2D eigenvalue weighted by Gasteiger charge is 2.36. The van der Waals surface area contributed by atoms with Crippen molar-refractivity contribution >= 4 is 31.8 Å². The molecule has 5 rings (SSSR count). The van der Waals surface area contributed by atoms with Crippen LogP contribution in [0.25, 0.3) is 21.8 Å². The number of aliphatic hydroxyl groups is 1. The fourth-order valence-corrected chi connectivity index (χ4v) is 6.02. The summed E-state index contributed by atoms with van der Waals surface area (Å²) in [6.07, 6.45) is 1.28. The molecule has 9 heteroatoms. The molecule has 1 aromatic heterocycles. The van der Waals surface area contributed by atoms with E-state index in [4.69, 9.17) is 9.47 Å². The van der Waals surface area contributed by atoms with Crippen LogP contribution in [0.15, 0.2) is 71.6 Å². The average Bonchev–Trinajstić information content (AvgIpc) is 3.26. The number of aliphatic hydroxyl groups excluding tert-OH is 1. The molecule has 0 amide bonds. The number of para-hydroxylation sites is 1. The van der Waals surface area contributed by atoms with Crippen LogP contribution in [-0.4, -0.2) is 67.8 Å². The molecule has 8 nitrogen and oxygen atoms in total. The highest BCUT2D eigenvalue weighted by molar-refractivity contribution is 7.89. The largest absolute Gasteiger partial charge is 0.494 e. The van der Waals surface area contributed by atoms with E-state index >= 15 is 0 Å². The Labute approximate surface area is 217 Å². The van der Waals surface area contributed by atoms with E-state index in [-0.39, 0.29) is 17.5 Å². The molecule has 1 saturated heterocycles. The molecule has 1 aliphatic rings. The number of fused-ring (bicyclic) bond motifs is 3. The zero-order chi connectivity index (χ0) is 25.8. The van der Waals surface area contributed by atoms with Gasteiger partial charge >= 0.3 is 0 Å². The van der Waals surface area contributed by atoms with Gasteiger partial charge in [0.15, 0.2) is 0 Å². The number of nitrogens with zero attached hydrogens (tertiary/aromatic N) is 1. The Morgan fingerprint density at radius 2 is 1.78 bits per heavy atom. The number of H-pyrrole nitrogens is 1. The molecule has 0 bridgehead atoms. The molecule has 0 aliphatic carbocycles. The van der Waals surface area contributed by atoms with Crippen LogP contribution in [0.4, 0.5) is 0 Å². The van der Waals surface area contributed by atoms with Gasteiger partial charge in [-0.3, -0.25) is 0 Å². The number of nitrogens with one attached hydrogen (secondary N) is 2. The van der Waals surface area contributed by atoms with Crippen molar-refractivity contribution in [3.63, 3.8) is 0 Å². The van der Waals surface area contributed by atoms with Crippen molar-refractivity contribution in [1.82, 2.24) is 14.6 Å². The quantitative estimate of drug-likeness (QED) is 0.243. The third-order valence-corrected chi connectivity index (χ3v) is 8.49. The number of aromatic amines is 1. The van der Waals surface area contributed by atoms with Crippen LogP contribution < -0.4 is 14.8 Å². The lowest BCUT2D eigenvalue weighted by molar-refractivity contribution is 0.0965. The second kappa shape index (κ2) is 11.1. The Bertz CT molecular complexity index is 1450. The first-order valence-electron chi connectivity index (χ1n) is 12.7. The summed E-state index contributed by atoms with van der Waals surface area (Å²) in [6.45, 7) is 3.88. The lowest BCUT2D eigenvalue weighted by atomic mass is 10.1. The molecular formula is C28H33N3O5S. The van der Waals surface area contributed by atoms with Crippen LogP contribution in [0.5, 0.6) is 11.5 Å². The number of rotatable bonds is 12. The molecule has 1 fully saturated rings. The Morgan fingerprint density at radius 1 is 1.03 bits per heavy atom. The van der Waals surface area contributed by atoms with Crippen LogP contribution in [0.2, 0.25) is 0 Å². The van der Waals surface area contributed by atoms with Gasteiger partial charge in [-0.25, -0.2) is 8.42 Å². The minimum absolute atomic E-state index is 0.0156. The molecule has 4 aromatic rings. The predicted molar refractivity (Wildman–Crippen MR) is 145 cm³/mol. The monoisotopic (exact) mass is 523 g/mol. The average molecular weight is 524 g/mol. The fourth-order valence-electron chi connectivity index (χ4n) is 4.49. The summed E-state index contributed by atoms with van der Waals surface area (Å²) in [5.74, 6) is 1.39. The van der Waals surface area contributed by atoms with E-state index < -0.39 is 16.1 Å². The summed E-state index contributed by atoms with van der Waals surface area (Å²) in [5.41, 5.74) is 2.03. The number of hydrogen-bond donors (Lipinski definition) is 3. The molecule has 0 spiro atoms. The van der Waals surface area contributed by atoms with Crippen LogP contribution in [0.3, 0.4) is 0 Å². The number of benzene rings is 3. The number of sulfonamides is 1. The molecule has 196 valence electrons. The van der Waals surface area contributed by atoms with Gasteiger partial charge < -0.3 is 24.9 Å². The molecule has 2 heterocycles. The first kappa shape index (κ1) is 25.5. The SMILES string of the molecule is CCCCOc1ccc(S(=O)(=O)N2CC(NCC(O)COc3cccc4[nH]c5ccccc5c34)C2)cc1. The smallest absolute Gasteiger partial charge is 0.243 e. The predicted octanol–water partition coefficient (Wildman–Crippen LogP) is 3.90. The van der Waals surface area contributed by atoms with E-state index in [1.165, 1.54) is 4.31 Å². The van der Waals surface area contributed by atoms with Gasteiger partial charge in [-0.15, -0.1) is 0 Å². The van der Waals surface area contributed by atoms with E-state index in [2.05, 4.69) is 17.2 Å². The zero-order valence-corrected chi connectivity index (χ0v) is 21.7. The summed E-state index contributed by atoms with van der Waals surface area (Å²) in [6, 6.07) is 20.4. The molecule has 1 aliphatic heterocycles. The molecule has 37 heavy (non-hydrogen) atoms. The van der Waals surface area contributed by atoms with Crippen molar-refractivity contribution in [3.8, 4) is 11.5 Å². The topological polar surface area (TPSA) is 104 Å². The highest BCUT2D eigenvalue weighted by atomic mass is 32.2. The van der Waals surface area contributed by atoms with Gasteiger partial charge in [-0.1, -0.05) is 37.6 Å². The second-order valence-electron chi connectivity index (χ2n) is 9.41. The Morgan fingerprint density at radius 3 is 2.57 bits per heavy atom. The number of hydrogen-bond acceptors (Lipinski definition) is 6. The van der Waals surface area contributed by atoms with E-state index in [9.17, 15) is 13.5 Å². The standard InChI is InChI=1S/C28H33N3O5S/c1-2-3-15-35-22-11-13-23(14-12-22)37(33,34)31-17-20(18-31)29-16-21(32)19-36-27-10-6-9-26-28(27)24-7-4-5-8-25(24)30-26/h4-14,20-21,29-30,32H,2-3,15-19H2,1H3. The fraction of sp³-hybridized carbons (Fsp3) is 0.357. The molecule has 3 N–H and O–H groups in total. The second-order valence-corrected chi connectivity index (χ2v) is 11.4. The van der Waals surface area contributed by atoms with Crippen molar-refractivity contribution in [2.75, 3.05) is 32.8 Å². The van der Waals surface area contributed by atoms with E-state index in [0.29, 0.717) is 32.0 Å². The third kappa shape index (κ3) is 5.60. The van der Waals surface area contributed by atoms with E-state index in [1.54, 1.807) is 24.3 Å². The lowest BCUT2D eigenvalue weighted by Crippen LogP contribution is -2.60. The first-order valence-corrected chi connectivity index (χ1v) is 14.2.